The van der Waals surface area contributed by atoms with Crippen LogP contribution in [0.25, 0.3) is 0 Å². The number of anilines is 2. The molecule has 0 fully saturated rings. The predicted octanol–water partition coefficient (Wildman–Crippen LogP) is 5.93. The Labute approximate surface area is 140 Å². The van der Waals surface area contributed by atoms with Crippen molar-refractivity contribution < 1.29 is 0 Å². The van der Waals surface area contributed by atoms with E-state index in [1.807, 2.05) is 12.1 Å². The zero-order valence-corrected chi connectivity index (χ0v) is 14.1. The molecule has 0 aliphatic carbocycles. The van der Waals surface area contributed by atoms with E-state index in [1.54, 1.807) is 18.2 Å². The Hall–Kier alpha value is -1.29. The Kier molecular flexibility index (Phi) is 5.45. The van der Waals surface area contributed by atoms with Gasteiger partial charge in [-0.3, -0.25) is 0 Å². The molecule has 0 bridgehead atoms. The van der Waals surface area contributed by atoms with Crippen LogP contribution in [0.1, 0.15) is 25.3 Å². The van der Waals surface area contributed by atoms with Crippen LogP contribution in [0.15, 0.2) is 42.5 Å². The average molecular weight is 339 g/mol. The highest BCUT2D eigenvalue weighted by atomic mass is 35.5. The van der Waals surface area contributed by atoms with Crippen molar-refractivity contribution >= 4 is 51.9 Å². The van der Waals surface area contributed by atoms with Crippen LogP contribution in [-0.2, 0) is 0 Å². The first-order valence-corrected chi connectivity index (χ1v) is 7.75. The summed E-state index contributed by atoms with van der Waals surface area (Å²) in [5, 5.41) is 7.78. The van der Waals surface area contributed by atoms with Crippen molar-refractivity contribution in [3.63, 3.8) is 0 Å². The smallest absolute Gasteiger partial charge is 0.175 e. The second kappa shape index (κ2) is 7.12. The molecular formula is C16H16Cl2N2S. The van der Waals surface area contributed by atoms with Gasteiger partial charge in [0.05, 0.1) is 10.7 Å². The van der Waals surface area contributed by atoms with Gasteiger partial charge in [-0.2, -0.15) is 0 Å². The number of nitrogens with one attached hydrogen (secondary N) is 2. The molecule has 0 amide bonds. The summed E-state index contributed by atoms with van der Waals surface area (Å²) in [6.07, 6.45) is 0. The summed E-state index contributed by atoms with van der Waals surface area (Å²) < 4.78 is 0. The van der Waals surface area contributed by atoms with E-state index in [-0.39, 0.29) is 0 Å². The number of rotatable bonds is 3. The lowest BCUT2D eigenvalue weighted by Gasteiger charge is -2.13. The summed E-state index contributed by atoms with van der Waals surface area (Å²) in [7, 11) is 0. The fourth-order valence-electron chi connectivity index (χ4n) is 1.83. The van der Waals surface area contributed by atoms with Gasteiger partial charge in [0.1, 0.15) is 0 Å². The van der Waals surface area contributed by atoms with Crippen molar-refractivity contribution in [1.82, 2.24) is 0 Å². The molecule has 0 spiro atoms. The highest BCUT2D eigenvalue weighted by molar-refractivity contribution is 7.80. The van der Waals surface area contributed by atoms with Crippen LogP contribution in [0.2, 0.25) is 10.0 Å². The van der Waals surface area contributed by atoms with Crippen molar-refractivity contribution in [2.75, 3.05) is 10.6 Å². The molecule has 0 aliphatic heterocycles. The first-order valence-electron chi connectivity index (χ1n) is 6.58. The van der Waals surface area contributed by atoms with Crippen molar-refractivity contribution in [2.24, 2.45) is 0 Å². The third-order valence-electron chi connectivity index (χ3n) is 3.01. The van der Waals surface area contributed by atoms with Crippen molar-refractivity contribution in [2.45, 2.75) is 19.8 Å². The van der Waals surface area contributed by atoms with E-state index in [0.717, 1.165) is 11.4 Å². The standard InChI is InChI=1S/C16H16Cl2N2S/c1-10(2)11-3-6-13(7-4-11)19-16(21)20-15-8-5-12(17)9-14(15)18/h3-10H,1-2H3,(H2,19,20,21). The molecule has 0 atom stereocenters. The second-order valence-corrected chi connectivity index (χ2v) is 6.23. The third-order valence-corrected chi connectivity index (χ3v) is 3.77. The molecular weight excluding hydrogens is 323 g/mol. The first-order chi connectivity index (χ1) is 9.95. The summed E-state index contributed by atoms with van der Waals surface area (Å²) in [5.41, 5.74) is 2.94. The van der Waals surface area contributed by atoms with Gasteiger partial charge in [-0.05, 0) is 54.0 Å². The van der Waals surface area contributed by atoms with Crippen LogP contribution in [0, 0.1) is 0 Å². The van der Waals surface area contributed by atoms with Crippen LogP contribution in [0.5, 0.6) is 0 Å². The molecule has 2 aromatic carbocycles. The molecule has 2 nitrogen and oxygen atoms in total. The molecule has 0 saturated carbocycles. The van der Waals surface area contributed by atoms with Gasteiger partial charge in [-0.15, -0.1) is 0 Å². The summed E-state index contributed by atoms with van der Waals surface area (Å²) in [5.74, 6) is 0.511. The maximum atomic E-state index is 6.10. The Bertz CT molecular complexity index is 639. The third kappa shape index (κ3) is 4.60. The highest BCUT2D eigenvalue weighted by Gasteiger charge is 2.04. The van der Waals surface area contributed by atoms with Gasteiger partial charge in [-0.1, -0.05) is 49.2 Å². The average Bonchev–Trinajstić information content (AvgIpc) is 2.42. The molecule has 0 unspecified atom stereocenters. The summed E-state index contributed by atoms with van der Waals surface area (Å²) in [6, 6.07) is 13.4. The molecule has 2 aromatic rings. The molecule has 110 valence electrons. The van der Waals surface area contributed by atoms with Crippen LogP contribution in [0.4, 0.5) is 11.4 Å². The number of thiocarbonyl (C=S) groups is 1. The van der Waals surface area contributed by atoms with E-state index < -0.39 is 0 Å². The number of halogens is 2. The van der Waals surface area contributed by atoms with Gasteiger partial charge in [0.2, 0.25) is 0 Å². The van der Waals surface area contributed by atoms with Gasteiger partial charge in [0, 0.05) is 10.7 Å². The molecule has 0 saturated heterocycles. The summed E-state index contributed by atoms with van der Waals surface area (Å²) in [6.45, 7) is 4.33. The summed E-state index contributed by atoms with van der Waals surface area (Å²) in [4.78, 5) is 0. The fraction of sp³-hybridized carbons (Fsp3) is 0.188. The van der Waals surface area contributed by atoms with Gasteiger partial charge in [0.15, 0.2) is 5.11 Å². The topological polar surface area (TPSA) is 24.1 Å². The van der Waals surface area contributed by atoms with E-state index in [4.69, 9.17) is 35.4 Å². The van der Waals surface area contributed by atoms with Crippen LogP contribution in [-0.4, -0.2) is 5.11 Å². The van der Waals surface area contributed by atoms with Crippen molar-refractivity contribution in [3.8, 4) is 0 Å². The van der Waals surface area contributed by atoms with Gasteiger partial charge >= 0.3 is 0 Å². The van der Waals surface area contributed by atoms with E-state index in [1.165, 1.54) is 5.56 Å². The fourth-order valence-corrected chi connectivity index (χ4v) is 2.51. The van der Waals surface area contributed by atoms with Gasteiger partial charge < -0.3 is 10.6 Å². The van der Waals surface area contributed by atoms with Crippen LogP contribution < -0.4 is 10.6 Å². The first kappa shape index (κ1) is 16.1. The van der Waals surface area contributed by atoms with E-state index in [2.05, 4.69) is 36.6 Å². The highest BCUT2D eigenvalue weighted by Crippen LogP contribution is 2.25. The largest absolute Gasteiger partial charge is 0.332 e. The minimum absolute atomic E-state index is 0.483. The minimum atomic E-state index is 0.483. The predicted molar refractivity (Wildman–Crippen MR) is 96.8 cm³/mol. The Morgan fingerprint density at radius 2 is 1.67 bits per heavy atom. The van der Waals surface area contributed by atoms with E-state index in [0.29, 0.717) is 21.1 Å². The zero-order chi connectivity index (χ0) is 15.4. The lowest BCUT2D eigenvalue weighted by molar-refractivity contribution is 0.867. The zero-order valence-electron chi connectivity index (χ0n) is 11.8. The number of hydrogen-bond donors (Lipinski definition) is 2. The maximum Gasteiger partial charge on any atom is 0.175 e. The molecule has 0 aromatic heterocycles. The van der Waals surface area contributed by atoms with E-state index in [9.17, 15) is 0 Å². The number of benzene rings is 2. The number of hydrogen-bond acceptors (Lipinski definition) is 1. The Balaban J connectivity index is 2.01. The Morgan fingerprint density at radius 3 is 2.24 bits per heavy atom. The van der Waals surface area contributed by atoms with Crippen LogP contribution >= 0.6 is 35.4 Å². The SMILES string of the molecule is CC(C)c1ccc(NC(=S)Nc2ccc(Cl)cc2Cl)cc1. The van der Waals surface area contributed by atoms with E-state index >= 15 is 0 Å². The molecule has 21 heavy (non-hydrogen) atoms. The van der Waals surface area contributed by atoms with Gasteiger partial charge in [-0.25, -0.2) is 0 Å². The second-order valence-electron chi connectivity index (χ2n) is 4.98. The Morgan fingerprint density at radius 1 is 1.00 bits per heavy atom. The molecule has 0 radical (unpaired) electrons. The normalized spacial score (nSPS) is 10.5. The molecule has 2 rings (SSSR count). The summed E-state index contributed by atoms with van der Waals surface area (Å²) >= 11 is 17.2. The lowest BCUT2D eigenvalue weighted by atomic mass is 10.0. The maximum absolute atomic E-state index is 6.10. The lowest BCUT2D eigenvalue weighted by Crippen LogP contribution is -2.19. The monoisotopic (exact) mass is 338 g/mol. The molecule has 2 N–H and O–H groups in total. The van der Waals surface area contributed by atoms with Crippen molar-refractivity contribution in [1.29, 1.82) is 0 Å². The minimum Gasteiger partial charge on any atom is -0.332 e. The molecule has 0 heterocycles. The van der Waals surface area contributed by atoms with Crippen LogP contribution in [0.3, 0.4) is 0 Å². The molecule has 0 aliphatic rings. The van der Waals surface area contributed by atoms with Gasteiger partial charge in [0.25, 0.3) is 0 Å². The molecule has 5 heteroatoms. The quantitative estimate of drug-likeness (QED) is 0.678. The van der Waals surface area contributed by atoms with Crippen molar-refractivity contribution in [3.05, 3.63) is 58.1 Å².